The van der Waals surface area contributed by atoms with Crippen LogP contribution in [0.5, 0.6) is 11.5 Å². The average molecular weight is 552 g/mol. The molecule has 0 radical (unpaired) electrons. The predicted octanol–water partition coefficient (Wildman–Crippen LogP) is 5.45. The molecule has 1 aromatic rings. The maximum Gasteiger partial charge on any atom is 0.508 e. The Balaban J connectivity index is 3.37. The van der Waals surface area contributed by atoms with Gasteiger partial charge in [0.25, 0.3) is 0 Å². The van der Waals surface area contributed by atoms with Gasteiger partial charge in [0.2, 0.25) is 0 Å². The third-order valence-corrected chi connectivity index (χ3v) is 7.03. The molecule has 0 aromatic heterocycles. The van der Waals surface area contributed by atoms with Crippen molar-refractivity contribution in [2.75, 3.05) is 6.61 Å². The molecule has 1 aromatic carbocycles. The molecule has 5 unspecified atom stereocenters. The van der Waals surface area contributed by atoms with Crippen LogP contribution in [0.1, 0.15) is 92.1 Å². The molecule has 39 heavy (non-hydrogen) atoms. The van der Waals surface area contributed by atoms with Crippen LogP contribution in [0, 0.1) is 17.8 Å². The maximum absolute atomic E-state index is 12.6. The highest BCUT2D eigenvalue weighted by atomic mass is 16.7. The fourth-order valence-electron chi connectivity index (χ4n) is 3.73. The Hall–Kier alpha value is -3.14. The molecule has 0 amide bonds. The number of carbonyl (C=O) groups excluding carboxylic acids is 3. The summed E-state index contributed by atoms with van der Waals surface area (Å²) < 4.78 is 21.7. The van der Waals surface area contributed by atoms with Gasteiger partial charge in [-0.1, -0.05) is 60.5 Å². The number of nitrogens with two attached hydrogens (primary N) is 1. The minimum atomic E-state index is -1.38. The van der Waals surface area contributed by atoms with Crippen LogP contribution >= 0.6 is 0 Å². The summed E-state index contributed by atoms with van der Waals surface area (Å²) in [5.74, 6) is -4.48. The Morgan fingerprint density at radius 3 is 1.95 bits per heavy atom. The largest absolute Gasteiger partial charge is 0.508 e. The monoisotopic (exact) mass is 551 g/mol. The zero-order valence-corrected chi connectivity index (χ0v) is 24.2. The van der Waals surface area contributed by atoms with E-state index in [2.05, 4.69) is 0 Å². The van der Waals surface area contributed by atoms with E-state index in [1.54, 1.807) is 33.8 Å². The summed E-state index contributed by atoms with van der Waals surface area (Å²) in [7, 11) is 0. The number of aliphatic carboxylic acids is 1. The summed E-state index contributed by atoms with van der Waals surface area (Å²) in [6.07, 6.45) is 2.11. The van der Waals surface area contributed by atoms with Crippen LogP contribution in [0.25, 0.3) is 0 Å². The number of unbranched alkanes of at least 4 members (excludes halogenated alkanes) is 2. The van der Waals surface area contributed by atoms with Crippen LogP contribution in [0.4, 0.5) is 4.79 Å². The van der Waals surface area contributed by atoms with E-state index in [1.807, 2.05) is 20.8 Å². The number of rotatable bonds is 16. The van der Waals surface area contributed by atoms with Gasteiger partial charge in [0, 0.05) is 11.8 Å². The molecule has 6 atom stereocenters. The number of ether oxygens (including phenoxy) is 4. The third kappa shape index (κ3) is 10.5. The quantitative estimate of drug-likeness (QED) is 0.154. The number of hydrogen-bond donors (Lipinski definition) is 2. The topological polar surface area (TPSA) is 151 Å². The van der Waals surface area contributed by atoms with E-state index >= 15 is 0 Å². The molecule has 0 spiro atoms. The molecule has 3 N–H and O–H groups in total. The number of benzene rings is 1. The van der Waals surface area contributed by atoms with E-state index in [-0.39, 0.29) is 24.0 Å². The van der Waals surface area contributed by atoms with Crippen molar-refractivity contribution in [2.45, 2.75) is 98.6 Å². The highest BCUT2D eigenvalue weighted by molar-refractivity contribution is 5.79. The predicted molar refractivity (Wildman–Crippen MR) is 146 cm³/mol. The van der Waals surface area contributed by atoms with Gasteiger partial charge in [-0.05, 0) is 43.9 Å². The first-order valence-corrected chi connectivity index (χ1v) is 13.8. The lowest BCUT2D eigenvalue weighted by atomic mass is 9.79. The van der Waals surface area contributed by atoms with Gasteiger partial charge in [0.15, 0.2) is 11.5 Å². The van der Waals surface area contributed by atoms with Crippen LogP contribution < -0.4 is 15.2 Å². The first-order chi connectivity index (χ1) is 18.4. The zero-order chi connectivity index (χ0) is 29.7. The van der Waals surface area contributed by atoms with Gasteiger partial charge in [-0.3, -0.25) is 14.4 Å². The van der Waals surface area contributed by atoms with Gasteiger partial charge in [-0.15, -0.1) is 0 Å². The van der Waals surface area contributed by atoms with E-state index in [1.165, 1.54) is 12.1 Å². The lowest BCUT2D eigenvalue weighted by Gasteiger charge is -2.31. The van der Waals surface area contributed by atoms with Gasteiger partial charge < -0.3 is 29.8 Å². The summed E-state index contributed by atoms with van der Waals surface area (Å²) in [5.41, 5.74) is 6.53. The Morgan fingerprint density at radius 1 is 0.872 bits per heavy atom. The third-order valence-electron chi connectivity index (χ3n) is 7.03. The Bertz CT molecular complexity index is 964. The van der Waals surface area contributed by atoms with Crippen molar-refractivity contribution < 1.29 is 43.2 Å². The molecule has 1 rings (SSSR count). The molecule has 0 fully saturated rings. The standard InChI is InChI=1S/C29H45NO9/c1-8-11-12-15-36-29(35)37-20(7)19(6)24(25(30)26(31)32)21-13-14-22(38-27(33)17(4)9-2)23(16-21)39-28(34)18(5)10-3/h13-14,16-20,24-25H,8-12,15,30H2,1-7H3,(H,31,32)/t17?,18?,19?,20?,24?,25-/m0/s1. The van der Waals surface area contributed by atoms with Crippen molar-refractivity contribution in [3.05, 3.63) is 23.8 Å². The number of esters is 2. The van der Waals surface area contributed by atoms with Crippen molar-refractivity contribution in [3.8, 4) is 11.5 Å². The van der Waals surface area contributed by atoms with E-state index in [9.17, 15) is 24.3 Å². The summed E-state index contributed by atoms with van der Waals surface area (Å²) in [5, 5.41) is 9.76. The molecule has 0 aliphatic carbocycles. The van der Waals surface area contributed by atoms with E-state index in [0.717, 1.165) is 12.8 Å². The lowest BCUT2D eigenvalue weighted by molar-refractivity contribution is -0.141. The highest BCUT2D eigenvalue weighted by Crippen LogP contribution is 2.37. The second kappa shape index (κ2) is 16.7. The Morgan fingerprint density at radius 2 is 1.44 bits per heavy atom. The van der Waals surface area contributed by atoms with Crippen molar-refractivity contribution in [2.24, 2.45) is 23.5 Å². The van der Waals surface area contributed by atoms with Gasteiger partial charge in [0.05, 0.1) is 18.4 Å². The first-order valence-electron chi connectivity index (χ1n) is 13.8. The van der Waals surface area contributed by atoms with Gasteiger partial charge in [-0.2, -0.15) is 0 Å². The van der Waals surface area contributed by atoms with E-state index < -0.39 is 54.0 Å². The molecule has 0 saturated carbocycles. The van der Waals surface area contributed by atoms with Crippen molar-refractivity contribution in [3.63, 3.8) is 0 Å². The van der Waals surface area contributed by atoms with Crippen molar-refractivity contribution in [1.82, 2.24) is 0 Å². The second-order valence-corrected chi connectivity index (χ2v) is 10.0. The minimum absolute atomic E-state index is 0.0202. The smallest absolute Gasteiger partial charge is 0.480 e. The molecular formula is C29H45NO9. The molecule has 0 aliphatic rings. The molecule has 10 heteroatoms. The first kappa shape index (κ1) is 33.9. The summed E-state index contributed by atoms with van der Waals surface area (Å²) in [6, 6.07) is 3.11. The average Bonchev–Trinajstić information content (AvgIpc) is 2.90. The fourth-order valence-corrected chi connectivity index (χ4v) is 3.73. The van der Waals surface area contributed by atoms with Crippen LogP contribution in [-0.2, 0) is 23.9 Å². The molecule has 0 bridgehead atoms. The van der Waals surface area contributed by atoms with E-state index in [4.69, 9.17) is 24.7 Å². The number of carboxylic acid groups (broad SMARTS) is 1. The second-order valence-electron chi connectivity index (χ2n) is 10.0. The van der Waals surface area contributed by atoms with Crippen LogP contribution in [-0.4, -0.2) is 47.9 Å². The SMILES string of the molecule is CCCCCOC(=O)OC(C)C(C)C(c1ccc(OC(=O)C(C)CC)c(OC(=O)C(C)CC)c1)[C@H](N)C(=O)O. The molecular weight excluding hydrogens is 506 g/mol. The molecule has 220 valence electrons. The lowest BCUT2D eigenvalue weighted by Crippen LogP contribution is -2.42. The van der Waals surface area contributed by atoms with Gasteiger partial charge in [-0.25, -0.2) is 4.79 Å². The summed E-state index contributed by atoms with van der Waals surface area (Å²) >= 11 is 0. The molecule has 0 heterocycles. The van der Waals surface area contributed by atoms with Gasteiger partial charge in [0.1, 0.15) is 12.1 Å². The maximum atomic E-state index is 12.6. The zero-order valence-electron chi connectivity index (χ0n) is 24.2. The minimum Gasteiger partial charge on any atom is -0.480 e. The van der Waals surface area contributed by atoms with Crippen LogP contribution in [0.2, 0.25) is 0 Å². The van der Waals surface area contributed by atoms with Gasteiger partial charge >= 0.3 is 24.1 Å². The Kier molecular flexibility index (Phi) is 14.5. The van der Waals surface area contributed by atoms with Crippen molar-refractivity contribution in [1.29, 1.82) is 0 Å². The summed E-state index contributed by atoms with van der Waals surface area (Å²) in [4.78, 5) is 49.3. The number of carbonyl (C=O) groups is 4. The molecule has 0 aliphatic heterocycles. The molecule has 10 nitrogen and oxygen atoms in total. The van der Waals surface area contributed by atoms with Crippen LogP contribution in [0.3, 0.4) is 0 Å². The molecule has 0 saturated heterocycles. The summed E-state index contributed by atoms with van der Waals surface area (Å²) in [6.45, 7) is 12.7. The van der Waals surface area contributed by atoms with E-state index in [0.29, 0.717) is 24.8 Å². The fraction of sp³-hybridized carbons (Fsp3) is 0.655. The number of carboxylic acids is 1. The Labute approximate surface area is 231 Å². The highest BCUT2D eigenvalue weighted by Gasteiger charge is 2.36. The number of hydrogen-bond acceptors (Lipinski definition) is 9. The van der Waals surface area contributed by atoms with Crippen molar-refractivity contribution >= 4 is 24.1 Å². The van der Waals surface area contributed by atoms with Crippen LogP contribution in [0.15, 0.2) is 18.2 Å². The normalized spacial score (nSPS) is 15.7.